The van der Waals surface area contributed by atoms with E-state index >= 15 is 0 Å². The number of benzene rings is 3. The zero-order chi connectivity index (χ0) is 19.2. The fraction of sp³-hybridized carbons (Fsp3) is 0.0870. The van der Waals surface area contributed by atoms with E-state index in [9.17, 15) is 4.79 Å². The maximum atomic E-state index is 12.7. The predicted molar refractivity (Wildman–Crippen MR) is 107 cm³/mol. The van der Waals surface area contributed by atoms with Gasteiger partial charge in [-0.15, -0.1) is 0 Å². The van der Waals surface area contributed by atoms with E-state index < -0.39 is 6.04 Å². The minimum atomic E-state index is -0.430. The Morgan fingerprint density at radius 2 is 1.46 bits per heavy atom. The molecule has 0 aliphatic carbocycles. The van der Waals surface area contributed by atoms with E-state index in [4.69, 9.17) is 4.52 Å². The molecule has 0 unspecified atom stereocenters. The number of aromatic nitrogens is 2. The van der Waals surface area contributed by atoms with Crippen molar-refractivity contribution in [2.45, 2.75) is 12.5 Å². The highest BCUT2D eigenvalue weighted by atomic mass is 16.5. The third-order valence-corrected chi connectivity index (χ3v) is 4.40. The van der Waals surface area contributed by atoms with E-state index in [0.717, 1.165) is 11.1 Å². The van der Waals surface area contributed by atoms with Crippen LogP contribution in [0.5, 0.6) is 0 Å². The van der Waals surface area contributed by atoms with Crippen molar-refractivity contribution in [1.82, 2.24) is 15.5 Å². The Hall–Kier alpha value is -3.73. The number of nitrogens with one attached hydrogen (secondary N) is 1. The van der Waals surface area contributed by atoms with Crippen LogP contribution in [0, 0.1) is 0 Å². The number of carbonyl (C=O) groups excluding carboxylic acids is 1. The minimum absolute atomic E-state index is 0.180. The highest BCUT2D eigenvalue weighted by Crippen LogP contribution is 2.22. The van der Waals surface area contributed by atoms with Crippen LogP contribution in [0.4, 0.5) is 0 Å². The summed E-state index contributed by atoms with van der Waals surface area (Å²) >= 11 is 0. The molecule has 3 aromatic carbocycles. The molecule has 0 radical (unpaired) electrons. The van der Waals surface area contributed by atoms with Crippen LogP contribution in [0.15, 0.2) is 95.5 Å². The molecular formula is C23H19N3O2. The molecule has 1 aromatic heterocycles. The van der Waals surface area contributed by atoms with Crippen molar-refractivity contribution in [2.75, 3.05) is 0 Å². The summed E-state index contributed by atoms with van der Waals surface area (Å²) in [7, 11) is 0. The lowest BCUT2D eigenvalue weighted by atomic mass is 10.1. The van der Waals surface area contributed by atoms with Crippen molar-refractivity contribution >= 4 is 5.91 Å². The molecule has 1 atom stereocenters. The molecule has 1 heterocycles. The third-order valence-electron chi connectivity index (χ3n) is 4.40. The number of amides is 1. The smallest absolute Gasteiger partial charge is 0.251 e. The van der Waals surface area contributed by atoms with Gasteiger partial charge >= 0.3 is 0 Å². The summed E-state index contributed by atoms with van der Waals surface area (Å²) in [6, 6.07) is 28.2. The predicted octanol–water partition coefficient (Wildman–Crippen LogP) is 4.45. The molecule has 5 nitrogen and oxygen atoms in total. The maximum Gasteiger partial charge on any atom is 0.251 e. The first-order chi connectivity index (χ1) is 13.8. The van der Waals surface area contributed by atoms with Gasteiger partial charge in [0.2, 0.25) is 11.7 Å². The van der Waals surface area contributed by atoms with E-state index in [0.29, 0.717) is 23.7 Å². The van der Waals surface area contributed by atoms with Gasteiger partial charge < -0.3 is 9.84 Å². The standard InChI is InChI=1S/C23H19N3O2/c27-22(19-14-8-3-9-15-19)24-20(16-17-10-4-1-5-11-17)23-25-21(26-28-23)18-12-6-2-7-13-18/h1-15,20H,16H2,(H,24,27)/t20-/m0/s1. The Bertz CT molecular complexity index is 1030. The average Bonchev–Trinajstić information content (AvgIpc) is 3.25. The Morgan fingerprint density at radius 1 is 0.857 bits per heavy atom. The molecule has 4 rings (SSSR count). The van der Waals surface area contributed by atoms with Crippen LogP contribution in [0.1, 0.15) is 27.9 Å². The van der Waals surface area contributed by atoms with Gasteiger partial charge in [-0.3, -0.25) is 4.79 Å². The number of rotatable bonds is 6. The first-order valence-electron chi connectivity index (χ1n) is 9.08. The number of carbonyl (C=O) groups is 1. The van der Waals surface area contributed by atoms with Crippen LogP contribution >= 0.6 is 0 Å². The molecular weight excluding hydrogens is 350 g/mol. The normalized spacial score (nSPS) is 11.7. The second-order valence-corrected chi connectivity index (χ2v) is 6.40. The topological polar surface area (TPSA) is 68.0 Å². The van der Waals surface area contributed by atoms with Gasteiger partial charge in [0.05, 0.1) is 0 Å². The molecule has 0 saturated carbocycles. The Morgan fingerprint density at radius 3 is 2.14 bits per heavy atom. The first-order valence-corrected chi connectivity index (χ1v) is 9.08. The van der Waals surface area contributed by atoms with Crippen molar-refractivity contribution < 1.29 is 9.32 Å². The summed E-state index contributed by atoms with van der Waals surface area (Å²) in [6.45, 7) is 0. The molecule has 0 fully saturated rings. The van der Waals surface area contributed by atoms with E-state index in [1.807, 2.05) is 78.9 Å². The summed E-state index contributed by atoms with van der Waals surface area (Å²) in [5.41, 5.74) is 2.52. The summed E-state index contributed by atoms with van der Waals surface area (Å²) in [4.78, 5) is 17.2. The van der Waals surface area contributed by atoms with Crippen molar-refractivity contribution in [3.05, 3.63) is 108 Å². The first kappa shape index (κ1) is 17.7. The number of nitrogens with zero attached hydrogens (tertiary/aromatic N) is 2. The van der Waals surface area contributed by atoms with Gasteiger partial charge in [0.15, 0.2) is 0 Å². The van der Waals surface area contributed by atoms with Crippen molar-refractivity contribution in [1.29, 1.82) is 0 Å². The lowest BCUT2D eigenvalue weighted by Crippen LogP contribution is -2.30. The monoisotopic (exact) mass is 369 g/mol. The summed E-state index contributed by atoms with van der Waals surface area (Å²) in [6.07, 6.45) is 0.551. The summed E-state index contributed by atoms with van der Waals surface area (Å²) in [5, 5.41) is 7.12. The van der Waals surface area contributed by atoms with Crippen LogP contribution in [0.25, 0.3) is 11.4 Å². The van der Waals surface area contributed by atoms with Gasteiger partial charge in [0.1, 0.15) is 6.04 Å². The van der Waals surface area contributed by atoms with Gasteiger partial charge in [0.25, 0.3) is 5.91 Å². The zero-order valence-corrected chi connectivity index (χ0v) is 15.2. The molecule has 4 aromatic rings. The Kier molecular flexibility index (Phi) is 5.24. The van der Waals surface area contributed by atoms with E-state index in [2.05, 4.69) is 15.5 Å². The second-order valence-electron chi connectivity index (χ2n) is 6.40. The van der Waals surface area contributed by atoms with Gasteiger partial charge in [-0.05, 0) is 17.7 Å². The lowest BCUT2D eigenvalue weighted by molar-refractivity contribution is 0.0928. The Labute approximate surface area is 163 Å². The van der Waals surface area contributed by atoms with Gasteiger partial charge in [-0.2, -0.15) is 4.98 Å². The fourth-order valence-corrected chi connectivity index (χ4v) is 2.96. The van der Waals surface area contributed by atoms with Gasteiger partial charge in [-0.25, -0.2) is 0 Å². The van der Waals surface area contributed by atoms with Gasteiger partial charge in [0, 0.05) is 17.5 Å². The largest absolute Gasteiger partial charge is 0.340 e. The van der Waals surface area contributed by atoms with Crippen molar-refractivity contribution in [3.63, 3.8) is 0 Å². The molecule has 5 heteroatoms. The van der Waals surface area contributed by atoms with Crippen LogP contribution in [-0.2, 0) is 6.42 Å². The number of hydrogen-bond acceptors (Lipinski definition) is 4. The zero-order valence-electron chi connectivity index (χ0n) is 15.2. The quantitative estimate of drug-likeness (QED) is 0.545. The maximum absolute atomic E-state index is 12.7. The average molecular weight is 369 g/mol. The van der Waals surface area contributed by atoms with Gasteiger partial charge in [-0.1, -0.05) is 84.0 Å². The van der Waals surface area contributed by atoms with E-state index in [1.165, 1.54) is 0 Å². The van der Waals surface area contributed by atoms with Crippen LogP contribution in [-0.4, -0.2) is 16.0 Å². The number of hydrogen-bond donors (Lipinski definition) is 1. The molecule has 0 spiro atoms. The molecule has 28 heavy (non-hydrogen) atoms. The fourth-order valence-electron chi connectivity index (χ4n) is 2.96. The van der Waals surface area contributed by atoms with E-state index in [-0.39, 0.29) is 5.91 Å². The van der Waals surface area contributed by atoms with Crippen LogP contribution in [0.3, 0.4) is 0 Å². The minimum Gasteiger partial charge on any atom is -0.340 e. The van der Waals surface area contributed by atoms with Crippen molar-refractivity contribution in [3.8, 4) is 11.4 Å². The third kappa shape index (κ3) is 4.15. The molecule has 0 aliphatic heterocycles. The van der Waals surface area contributed by atoms with E-state index in [1.54, 1.807) is 12.1 Å². The SMILES string of the molecule is O=C(N[C@@H](Cc1ccccc1)c1nc(-c2ccccc2)no1)c1ccccc1. The molecule has 0 saturated heterocycles. The summed E-state index contributed by atoms with van der Waals surface area (Å²) < 4.78 is 5.51. The second kappa shape index (κ2) is 8.31. The molecule has 0 aliphatic rings. The molecule has 1 N–H and O–H groups in total. The molecule has 1 amide bonds. The highest BCUT2D eigenvalue weighted by Gasteiger charge is 2.23. The summed E-state index contributed by atoms with van der Waals surface area (Å²) in [5.74, 6) is 0.704. The highest BCUT2D eigenvalue weighted by molar-refractivity contribution is 5.94. The molecule has 138 valence electrons. The van der Waals surface area contributed by atoms with Crippen LogP contribution < -0.4 is 5.32 Å². The van der Waals surface area contributed by atoms with Crippen molar-refractivity contribution in [2.24, 2.45) is 0 Å². The lowest BCUT2D eigenvalue weighted by Gasteiger charge is -2.15. The van der Waals surface area contributed by atoms with Crippen LogP contribution in [0.2, 0.25) is 0 Å². The Balaban J connectivity index is 1.61. The molecule has 0 bridgehead atoms.